The molecule has 0 aromatic heterocycles. The van der Waals surface area contributed by atoms with Crippen molar-refractivity contribution in [2.45, 2.75) is 25.8 Å². The van der Waals surface area contributed by atoms with Gasteiger partial charge in [0.05, 0.1) is 13.2 Å². The van der Waals surface area contributed by atoms with Gasteiger partial charge in [-0.2, -0.15) is 0 Å². The van der Waals surface area contributed by atoms with Crippen LogP contribution in [0.25, 0.3) is 0 Å². The maximum absolute atomic E-state index is 10.8. The Labute approximate surface area is 97.3 Å². The second-order valence-corrected chi connectivity index (χ2v) is 4.91. The number of carbonyl (C=O) groups is 1. The molecule has 16 heavy (non-hydrogen) atoms. The summed E-state index contributed by atoms with van der Waals surface area (Å²) in [6.07, 6.45) is 0.371. The average molecular weight is 229 g/mol. The topological polar surface area (TPSA) is 67.6 Å². The standard InChI is InChI=1S/C11H23N3O2/c1-11(2,9-10(12)15)13-3-4-14-5-7-16-8-6-14/h13H,3-9H2,1-2H3,(H2,12,15). The molecular weight excluding hydrogens is 206 g/mol. The third-order valence-corrected chi connectivity index (χ3v) is 2.75. The molecule has 3 N–H and O–H groups in total. The van der Waals surface area contributed by atoms with Crippen LogP contribution in [0, 0.1) is 0 Å². The van der Waals surface area contributed by atoms with E-state index in [4.69, 9.17) is 10.5 Å². The molecule has 0 unspecified atom stereocenters. The third kappa shape index (κ3) is 5.44. The summed E-state index contributed by atoms with van der Waals surface area (Å²) in [5, 5.41) is 3.35. The largest absolute Gasteiger partial charge is 0.379 e. The van der Waals surface area contributed by atoms with Gasteiger partial charge in [-0.1, -0.05) is 0 Å². The summed E-state index contributed by atoms with van der Waals surface area (Å²) >= 11 is 0. The molecule has 1 aliphatic rings. The van der Waals surface area contributed by atoms with E-state index in [1.54, 1.807) is 0 Å². The number of nitrogens with zero attached hydrogens (tertiary/aromatic N) is 1. The van der Waals surface area contributed by atoms with Crippen molar-refractivity contribution in [2.75, 3.05) is 39.4 Å². The number of carbonyl (C=O) groups excluding carboxylic acids is 1. The van der Waals surface area contributed by atoms with Crippen LogP contribution in [0.2, 0.25) is 0 Å². The van der Waals surface area contributed by atoms with E-state index in [0.29, 0.717) is 6.42 Å². The van der Waals surface area contributed by atoms with Crippen molar-refractivity contribution >= 4 is 5.91 Å². The molecule has 1 rings (SSSR count). The Bertz CT molecular complexity index is 225. The highest BCUT2D eigenvalue weighted by Gasteiger charge is 2.20. The van der Waals surface area contributed by atoms with Gasteiger partial charge in [0, 0.05) is 38.1 Å². The molecule has 1 aliphatic heterocycles. The Kier molecular flexibility index (Phi) is 5.18. The second-order valence-electron chi connectivity index (χ2n) is 4.91. The summed E-state index contributed by atoms with van der Waals surface area (Å²) < 4.78 is 5.28. The van der Waals surface area contributed by atoms with Gasteiger partial charge >= 0.3 is 0 Å². The summed E-state index contributed by atoms with van der Waals surface area (Å²) in [6.45, 7) is 9.51. The van der Waals surface area contributed by atoms with Crippen LogP contribution in [-0.4, -0.2) is 55.7 Å². The van der Waals surface area contributed by atoms with E-state index < -0.39 is 0 Å². The molecule has 1 heterocycles. The Morgan fingerprint density at radius 1 is 1.44 bits per heavy atom. The molecule has 0 aromatic carbocycles. The van der Waals surface area contributed by atoms with E-state index in [-0.39, 0.29) is 11.4 Å². The number of morpholine rings is 1. The Hall–Kier alpha value is -0.650. The van der Waals surface area contributed by atoms with Crippen LogP contribution in [-0.2, 0) is 9.53 Å². The molecule has 0 atom stereocenters. The smallest absolute Gasteiger partial charge is 0.219 e. The fourth-order valence-electron chi connectivity index (χ4n) is 1.88. The lowest BCUT2D eigenvalue weighted by Gasteiger charge is -2.30. The van der Waals surface area contributed by atoms with E-state index >= 15 is 0 Å². The van der Waals surface area contributed by atoms with Gasteiger partial charge in [-0.25, -0.2) is 0 Å². The van der Waals surface area contributed by atoms with Gasteiger partial charge in [0.15, 0.2) is 0 Å². The number of hydrogen-bond acceptors (Lipinski definition) is 4. The van der Waals surface area contributed by atoms with Crippen molar-refractivity contribution in [3.63, 3.8) is 0 Å². The maximum atomic E-state index is 10.8. The van der Waals surface area contributed by atoms with Crippen LogP contribution in [0.15, 0.2) is 0 Å². The van der Waals surface area contributed by atoms with Gasteiger partial charge in [0.1, 0.15) is 0 Å². The molecule has 1 fully saturated rings. The fourth-order valence-corrected chi connectivity index (χ4v) is 1.88. The van der Waals surface area contributed by atoms with E-state index in [1.807, 2.05) is 13.8 Å². The lowest BCUT2D eigenvalue weighted by molar-refractivity contribution is -0.119. The number of rotatable bonds is 6. The second kappa shape index (κ2) is 6.18. The lowest BCUT2D eigenvalue weighted by Crippen LogP contribution is -2.47. The Morgan fingerprint density at radius 2 is 2.06 bits per heavy atom. The third-order valence-electron chi connectivity index (χ3n) is 2.75. The Balaban J connectivity index is 2.15. The molecule has 0 bridgehead atoms. The van der Waals surface area contributed by atoms with Gasteiger partial charge in [-0.05, 0) is 13.8 Å². The highest BCUT2D eigenvalue weighted by molar-refractivity contribution is 5.74. The predicted molar refractivity (Wildman–Crippen MR) is 63.2 cm³/mol. The van der Waals surface area contributed by atoms with Crippen LogP contribution in [0.4, 0.5) is 0 Å². The van der Waals surface area contributed by atoms with Gasteiger partial charge in [-0.15, -0.1) is 0 Å². The molecule has 0 aromatic rings. The molecule has 5 nitrogen and oxygen atoms in total. The zero-order chi connectivity index (χ0) is 12.0. The number of amides is 1. The van der Waals surface area contributed by atoms with Gasteiger partial charge in [0.25, 0.3) is 0 Å². The number of nitrogens with one attached hydrogen (secondary N) is 1. The fraction of sp³-hybridized carbons (Fsp3) is 0.909. The summed E-state index contributed by atoms with van der Waals surface area (Å²) in [5.74, 6) is -0.260. The van der Waals surface area contributed by atoms with Crippen molar-refractivity contribution in [3.05, 3.63) is 0 Å². The number of primary amides is 1. The van der Waals surface area contributed by atoms with Gasteiger partial charge in [-0.3, -0.25) is 9.69 Å². The molecular formula is C11H23N3O2. The molecule has 94 valence electrons. The Morgan fingerprint density at radius 3 is 2.62 bits per heavy atom. The molecule has 1 saturated heterocycles. The highest BCUT2D eigenvalue weighted by Crippen LogP contribution is 2.06. The van der Waals surface area contributed by atoms with E-state index in [2.05, 4.69) is 10.2 Å². The van der Waals surface area contributed by atoms with Crippen molar-refractivity contribution in [1.82, 2.24) is 10.2 Å². The maximum Gasteiger partial charge on any atom is 0.219 e. The lowest BCUT2D eigenvalue weighted by atomic mass is 10.0. The van der Waals surface area contributed by atoms with E-state index in [0.717, 1.165) is 39.4 Å². The molecule has 5 heteroatoms. The molecule has 0 saturated carbocycles. The highest BCUT2D eigenvalue weighted by atomic mass is 16.5. The molecule has 0 spiro atoms. The molecule has 1 amide bonds. The minimum atomic E-state index is -0.260. The predicted octanol–water partition coefficient (Wildman–Crippen LogP) is -0.438. The van der Waals surface area contributed by atoms with Crippen LogP contribution in [0.1, 0.15) is 20.3 Å². The van der Waals surface area contributed by atoms with Crippen molar-refractivity contribution in [3.8, 4) is 0 Å². The van der Waals surface area contributed by atoms with E-state index in [1.165, 1.54) is 0 Å². The number of hydrogen-bond donors (Lipinski definition) is 2. The van der Waals surface area contributed by atoms with E-state index in [9.17, 15) is 4.79 Å². The van der Waals surface area contributed by atoms with Crippen LogP contribution < -0.4 is 11.1 Å². The monoisotopic (exact) mass is 229 g/mol. The first-order valence-corrected chi connectivity index (χ1v) is 5.83. The molecule has 0 aliphatic carbocycles. The SMILES string of the molecule is CC(C)(CC(N)=O)NCCN1CCOCC1. The summed E-state index contributed by atoms with van der Waals surface area (Å²) in [5.41, 5.74) is 4.98. The average Bonchev–Trinajstić information content (AvgIpc) is 2.16. The summed E-state index contributed by atoms with van der Waals surface area (Å²) in [4.78, 5) is 13.2. The van der Waals surface area contributed by atoms with Crippen molar-refractivity contribution in [2.24, 2.45) is 5.73 Å². The zero-order valence-electron chi connectivity index (χ0n) is 10.3. The molecule has 0 radical (unpaired) electrons. The quantitative estimate of drug-likeness (QED) is 0.648. The minimum absolute atomic E-state index is 0.210. The van der Waals surface area contributed by atoms with Crippen LogP contribution in [0.5, 0.6) is 0 Å². The summed E-state index contributed by atoms with van der Waals surface area (Å²) in [6, 6.07) is 0. The number of nitrogens with two attached hydrogens (primary N) is 1. The minimum Gasteiger partial charge on any atom is -0.379 e. The van der Waals surface area contributed by atoms with Crippen LogP contribution >= 0.6 is 0 Å². The normalized spacial score (nSPS) is 18.6. The summed E-state index contributed by atoms with van der Waals surface area (Å²) in [7, 11) is 0. The zero-order valence-corrected chi connectivity index (χ0v) is 10.3. The first-order valence-electron chi connectivity index (χ1n) is 5.83. The first kappa shape index (κ1) is 13.4. The van der Waals surface area contributed by atoms with Crippen molar-refractivity contribution in [1.29, 1.82) is 0 Å². The van der Waals surface area contributed by atoms with Crippen LogP contribution in [0.3, 0.4) is 0 Å². The van der Waals surface area contributed by atoms with Gasteiger partial charge in [0.2, 0.25) is 5.91 Å². The van der Waals surface area contributed by atoms with Crippen molar-refractivity contribution < 1.29 is 9.53 Å². The number of ether oxygens (including phenoxy) is 1. The van der Waals surface area contributed by atoms with Gasteiger partial charge < -0.3 is 15.8 Å². The first-order chi connectivity index (χ1) is 7.49.